The van der Waals surface area contributed by atoms with Crippen LogP contribution in [-0.4, -0.2) is 0 Å². The Hall–Kier alpha value is -2.41. The fourth-order valence-electron chi connectivity index (χ4n) is 2.57. The lowest BCUT2D eigenvalue weighted by Gasteiger charge is -2.02. The first-order chi connectivity index (χ1) is 10.1. The van der Waals surface area contributed by atoms with Crippen molar-refractivity contribution in [3.8, 4) is 22.5 Å². The molecular formula is C20H19O+. The Balaban J connectivity index is 2.12. The Bertz CT molecular complexity index is 724. The van der Waals surface area contributed by atoms with E-state index in [-0.39, 0.29) is 0 Å². The van der Waals surface area contributed by atoms with Gasteiger partial charge in [-0.05, 0) is 31.5 Å². The molecular weight excluding hydrogens is 256 g/mol. The molecule has 0 fully saturated rings. The van der Waals surface area contributed by atoms with Gasteiger partial charge >= 0.3 is 11.5 Å². The summed E-state index contributed by atoms with van der Waals surface area (Å²) in [7, 11) is 0. The van der Waals surface area contributed by atoms with E-state index in [2.05, 4.69) is 74.5 Å². The Morgan fingerprint density at radius 3 is 1.90 bits per heavy atom. The van der Waals surface area contributed by atoms with E-state index in [1.165, 1.54) is 22.3 Å². The number of benzene rings is 2. The molecule has 0 unspecified atom stereocenters. The van der Waals surface area contributed by atoms with Crippen molar-refractivity contribution in [1.29, 1.82) is 0 Å². The summed E-state index contributed by atoms with van der Waals surface area (Å²) in [4.78, 5) is 0. The molecule has 0 saturated heterocycles. The molecule has 0 atom stereocenters. The van der Waals surface area contributed by atoms with Gasteiger partial charge in [-0.2, -0.15) is 0 Å². The highest BCUT2D eigenvalue weighted by atomic mass is 16.3. The molecule has 0 spiro atoms. The van der Waals surface area contributed by atoms with Gasteiger partial charge in [0, 0.05) is 11.6 Å². The Kier molecular flexibility index (Phi) is 3.57. The molecule has 0 aliphatic rings. The average Bonchev–Trinajstić information content (AvgIpc) is 2.46. The summed E-state index contributed by atoms with van der Waals surface area (Å²) in [6.45, 7) is 6.21. The largest absolute Gasteiger partial charge is 0.360 e. The predicted molar refractivity (Wildman–Crippen MR) is 88.2 cm³/mol. The Labute approximate surface area is 125 Å². The lowest BCUT2D eigenvalue weighted by molar-refractivity contribution is 0.532. The van der Waals surface area contributed by atoms with Crippen LogP contribution in [0.5, 0.6) is 0 Å². The third-order valence-electron chi connectivity index (χ3n) is 3.57. The number of hydrogen-bond acceptors (Lipinski definition) is 0. The minimum absolute atomic E-state index is 0.912. The summed E-state index contributed by atoms with van der Waals surface area (Å²) < 4.78 is 5.91. The van der Waals surface area contributed by atoms with Crippen LogP contribution < -0.4 is 0 Å². The molecule has 0 aliphatic carbocycles. The summed E-state index contributed by atoms with van der Waals surface area (Å²) in [6.07, 6.45) is 0. The second-order valence-corrected chi connectivity index (χ2v) is 5.56. The molecule has 2 aromatic carbocycles. The van der Waals surface area contributed by atoms with Crippen molar-refractivity contribution < 1.29 is 4.42 Å². The molecule has 0 aliphatic heterocycles. The van der Waals surface area contributed by atoms with Crippen LogP contribution in [0.4, 0.5) is 0 Å². The van der Waals surface area contributed by atoms with Crippen LogP contribution in [0.1, 0.15) is 16.9 Å². The van der Waals surface area contributed by atoms with Crippen molar-refractivity contribution in [2.45, 2.75) is 20.8 Å². The smallest absolute Gasteiger partial charge is 0.213 e. The zero-order valence-corrected chi connectivity index (χ0v) is 12.7. The van der Waals surface area contributed by atoms with E-state index >= 15 is 0 Å². The normalized spacial score (nSPS) is 10.6. The summed E-state index contributed by atoms with van der Waals surface area (Å²) in [5.74, 6) is 1.83. The molecule has 104 valence electrons. The number of aryl methyl sites for hydroxylation is 3. The highest BCUT2D eigenvalue weighted by molar-refractivity contribution is 5.70. The predicted octanol–water partition coefficient (Wildman–Crippen LogP) is 5.82. The van der Waals surface area contributed by atoms with E-state index in [4.69, 9.17) is 4.42 Å². The maximum atomic E-state index is 5.91. The maximum Gasteiger partial charge on any atom is 0.360 e. The van der Waals surface area contributed by atoms with Gasteiger partial charge in [0.2, 0.25) is 0 Å². The van der Waals surface area contributed by atoms with Crippen molar-refractivity contribution in [2.24, 2.45) is 0 Å². The van der Waals surface area contributed by atoms with Gasteiger partial charge in [0.05, 0.1) is 18.6 Å². The number of hydrogen-bond donors (Lipinski definition) is 0. The lowest BCUT2D eigenvalue weighted by atomic mass is 10.0. The van der Waals surface area contributed by atoms with Gasteiger partial charge in [0.1, 0.15) is 0 Å². The second-order valence-electron chi connectivity index (χ2n) is 5.56. The standard InChI is InChI=1S/C20H19O/c1-14-6-4-8-17(10-14)19-12-16(3)21-20(13-19)18-9-5-7-15(2)11-18/h4-13H,1-3H3/q+1. The summed E-state index contributed by atoms with van der Waals surface area (Å²) in [6, 6.07) is 21.2. The molecule has 1 aromatic heterocycles. The van der Waals surface area contributed by atoms with Gasteiger partial charge in [-0.1, -0.05) is 47.5 Å². The Morgan fingerprint density at radius 1 is 0.619 bits per heavy atom. The molecule has 0 amide bonds. The van der Waals surface area contributed by atoms with Crippen LogP contribution in [-0.2, 0) is 0 Å². The molecule has 1 heterocycles. The zero-order chi connectivity index (χ0) is 14.8. The highest BCUT2D eigenvalue weighted by Crippen LogP contribution is 2.29. The second kappa shape index (κ2) is 5.53. The van der Waals surface area contributed by atoms with E-state index in [1.54, 1.807) is 0 Å². The summed E-state index contributed by atoms with van der Waals surface area (Å²) in [5, 5.41) is 0. The lowest BCUT2D eigenvalue weighted by Crippen LogP contribution is -1.86. The molecule has 1 heteroatoms. The van der Waals surface area contributed by atoms with E-state index in [0.29, 0.717) is 0 Å². The number of rotatable bonds is 2. The van der Waals surface area contributed by atoms with Crippen LogP contribution >= 0.6 is 0 Å². The van der Waals surface area contributed by atoms with Gasteiger partial charge in [-0.25, -0.2) is 4.42 Å². The van der Waals surface area contributed by atoms with Crippen molar-refractivity contribution in [3.05, 3.63) is 77.6 Å². The Morgan fingerprint density at radius 2 is 1.24 bits per heavy atom. The van der Waals surface area contributed by atoms with Gasteiger partial charge in [0.25, 0.3) is 0 Å². The zero-order valence-electron chi connectivity index (χ0n) is 12.7. The minimum Gasteiger partial charge on any atom is -0.213 e. The monoisotopic (exact) mass is 275 g/mol. The average molecular weight is 275 g/mol. The van der Waals surface area contributed by atoms with Crippen molar-refractivity contribution in [3.63, 3.8) is 0 Å². The first-order valence-corrected chi connectivity index (χ1v) is 7.21. The molecule has 0 radical (unpaired) electrons. The highest BCUT2D eigenvalue weighted by Gasteiger charge is 2.16. The fraction of sp³-hybridized carbons (Fsp3) is 0.150. The van der Waals surface area contributed by atoms with Crippen LogP contribution in [0.25, 0.3) is 22.5 Å². The molecule has 3 rings (SSSR count). The SMILES string of the molecule is Cc1cccc(-c2cc(C)[o+]c(-c3cccc(C)c3)c2)c1. The maximum absolute atomic E-state index is 5.91. The van der Waals surface area contributed by atoms with E-state index in [0.717, 1.165) is 17.1 Å². The topological polar surface area (TPSA) is 11.3 Å². The van der Waals surface area contributed by atoms with E-state index < -0.39 is 0 Å². The van der Waals surface area contributed by atoms with Gasteiger partial charge in [-0.3, -0.25) is 0 Å². The first-order valence-electron chi connectivity index (χ1n) is 7.21. The summed E-state index contributed by atoms with van der Waals surface area (Å²) in [5.41, 5.74) is 6.04. The molecule has 1 nitrogen and oxygen atoms in total. The minimum atomic E-state index is 0.912. The van der Waals surface area contributed by atoms with Crippen LogP contribution in [0.15, 0.2) is 65.1 Å². The molecule has 3 aromatic rings. The molecule has 0 N–H and O–H groups in total. The fourth-order valence-corrected chi connectivity index (χ4v) is 2.57. The first kappa shape index (κ1) is 13.6. The van der Waals surface area contributed by atoms with Crippen molar-refractivity contribution >= 4 is 0 Å². The molecule has 0 bridgehead atoms. The van der Waals surface area contributed by atoms with E-state index in [9.17, 15) is 0 Å². The van der Waals surface area contributed by atoms with E-state index in [1.807, 2.05) is 6.92 Å². The third kappa shape index (κ3) is 3.03. The van der Waals surface area contributed by atoms with Gasteiger partial charge in [-0.15, -0.1) is 0 Å². The molecule has 21 heavy (non-hydrogen) atoms. The van der Waals surface area contributed by atoms with Crippen molar-refractivity contribution in [1.82, 2.24) is 0 Å². The third-order valence-corrected chi connectivity index (χ3v) is 3.57. The van der Waals surface area contributed by atoms with Crippen LogP contribution in [0, 0.1) is 20.8 Å². The van der Waals surface area contributed by atoms with Crippen LogP contribution in [0.2, 0.25) is 0 Å². The van der Waals surface area contributed by atoms with Crippen molar-refractivity contribution in [2.75, 3.05) is 0 Å². The van der Waals surface area contributed by atoms with Gasteiger partial charge < -0.3 is 0 Å². The summed E-state index contributed by atoms with van der Waals surface area (Å²) >= 11 is 0. The quantitative estimate of drug-likeness (QED) is 0.536. The van der Waals surface area contributed by atoms with Gasteiger partial charge in [0.15, 0.2) is 0 Å². The van der Waals surface area contributed by atoms with Crippen LogP contribution in [0.3, 0.4) is 0 Å². The molecule has 0 saturated carbocycles.